The predicted molar refractivity (Wildman–Crippen MR) is 169 cm³/mol. The number of carbonyl (C=O) groups is 1. The normalized spacial score (nSPS) is 19.4. The quantitative estimate of drug-likeness (QED) is 0.231. The van der Waals surface area contributed by atoms with Crippen LogP contribution in [0.4, 0.5) is 10.5 Å². The van der Waals surface area contributed by atoms with Crippen LogP contribution in [0.3, 0.4) is 0 Å². The Hall–Kier alpha value is -4.26. The molecule has 7 heteroatoms. The highest BCUT2D eigenvalue weighted by Gasteiger charge is 2.34. The van der Waals surface area contributed by atoms with E-state index in [0.717, 1.165) is 54.9 Å². The molecule has 0 saturated carbocycles. The fraction of sp³-hybridized carbons (Fsp3) is 0.371. The van der Waals surface area contributed by atoms with Crippen LogP contribution < -0.4 is 10.2 Å². The Kier molecular flexibility index (Phi) is 7.92. The zero-order chi connectivity index (χ0) is 29.2. The minimum absolute atomic E-state index is 0.0974. The highest BCUT2D eigenvalue weighted by atomic mass is 16.5. The van der Waals surface area contributed by atoms with Gasteiger partial charge in [-0.2, -0.15) is 0 Å². The molecule has 1 aromatic heterocycles. The molecule has 7 nitrogen and oxygen atoms in total. The number of hydrogen-bond donors (Lipinski definition) is 2. The molecular weight excluding hydrogens is 522 g/mol. The van der Waals surface area contributed by atoms with E-state index >= 15 is 0 Å². The number of rotatable bonds is 8. The molecule has 42 heavy (non-hydrogen) atoms. The second-order valence-corrected chi connectivity index (χ2v) is 11.9. The van der Waals surface area contributed by atoms with Crippen molar-refractivity contribution in [2.45, 2.75) is 57.7 Å². The van der Waals surface area contributed by atoms with E-state index in [1.54, 1.807) is 0 Å². The average molecular weight is 564 g/mol. The number of methoxy groups -OCH3 is 1. The molecule has 1 amide bonds. The summed E-state index contributed by atoms with van der Waals surface area (Å²) in [6.07, 6.45) is 3.91. The molecule has 2 fully saturated rings. The molecule has 3 aromatic carbocycles. The number of imidazole rings is 1. The lowest BCUT2D eigenvalue weighted by atomic mass is 10.00. The van der Waals surface area contributed by atoms with Crippen molar-refractivity contribution in [2.75, 3.05) is 25.1 Å². The number of anilines is 1. The maximum atomic E-state index is 12.0. The van der Waals surface area contributed by atoms with Gasteiger partial charge in [0.1, 0.15) is 5.82 Å². The first kappa shape index (κ1) is 27.9. The van der Waals surface area contributed by atoms with Crippen molar-refractivity contribution in [1.82, 2.24) is 20.2 Å². The van der Waals surface area contributed by atoms with E-state index < -0.39 is 6.09 Å². The molecule has 0 unspecified atom stereocenters. The summed E-state index contributed by atoms with van der Waals surface area (Å²) in [6.45, 7) is 10.5. The fourth-order valence-electron chi connectivity index (χ4n) is 6.70. The highest BCUT2D eigenvalue weighted by molar-refractivity contribution is 5.76. The van der Waals surface area contributed by atoms with Crippen LogP contribution in [0.5, 0.6) is 0 Å². The minimum Gasteiger partial charge on any atom is -0.453 e. The number of nitrogens with zero attached hydrogens (tertiary/aromatic N) is 3. The predicted octanol–water partition coefficient (Wildman–Crippen LogP) is 7.60. The molecule has 2 saturated heterocycles. The summed E-state index contributed by atoms with van der Waals surface area (Å²) in [5.41, 5.74) is 8.02. The van der Waals surface area contributed by atoms with Crippen LogP contribution in [-0.2, 0) is 4.74 Å². The Labute approximate surface area is 248 Å². The van der Waals surface area contributed by atoms with Crippen LogP contribution >= 0.6 is 0 Å². The minimum atomic E-state index is -0.435. The molecule has 2 aliphatic heterocycles. The topological polar surface area (TPSA) is 73.5 Å². The standard InChI is InChI=1S/C35H41N5O2/c1-23(2)33(38-35(41)42-4)24(3)39-20-9-13-32(39)34-36-29-19-16-27(22-30(29)37-34)31-12-8-21-40(31)28-17-14-26(15-18-28)25-10-6-5-7-11-25/h5-7,10-11,14-19,22-23,31-33H,3,8-9,12-13,20-21H2,1-2,4H3,(H,36,37)(H,38,41)/t31-,32+,33+/m1/s1. The number of aromatic nitrogens is 2. The lowest BCUT2D eigenvalue weighted by Gasteiger charge is -2.34. The zero-order valence-electron chi connectivity index (χ0n) is 24.8. The van der Waals surface area contributed by atoms with Gasteiger partial charge in [-0.3, -0.25) is 0 Å². The lowest BCUT2D eigenvalue weighted by Crippen LogP contribution is -2.44. The fourth-order valence-corrected chi connectivity index (χ4v) is 6.70. The van der Waals surface area contributed by atoms with E-state index in [1.165, 1.54) is 35.9 Å². The molecule has 6 rings (SSSR count). The molecular formula is C35H41N5O2. The summed E-state index contributed by atoms with van der Waals surface area (Å²) in [5, 5.41) is 2.97. The molecule has 0 spiro atoms. The van der Waals surface area contributed by atoms with Crippen molar-refractivity contribution < 1.29 is 9.53 Å². The molecule has 218 valence electrons. The van der Waals surface area contributed by atoms with Gasteiger partial charge in [0.2, 0.25) is 0 Å². The zero-order valence-corrected chi connectivity index (χ0v) is 24.8. The number of ether oxygens (including phenoxy) is 1. The molecule has 4 aromatic rings. The third-order valence-electron chi connectivity index (χ3n) is 8.89. The van der Waals surface area contributed by atoms with E-state index in [0.29, 0.717) is 6.04 Å². The number of fused-ring (bicyclic) bond motifs is 1. The van der Waals surface area contributed by atoms with Gasteiger partial charge >= 0.3 is 6.09 Å². The molecule has 2 N–H and O–H groups in total. The molecule has 0 radical (unpaired) electrons. The van der Waals surface area contributed by atoms with Crippen LogP contribution in [0.25, 0.3) is 22.2 Å². The summed E-state index contributed by atoms with van der Waals surface area (Å²) in [6, 6.07) is 26.4. The number of benzene rings is 3. The Bertz CT molecular complexity index is 1540. The van der Waals surface area contributed by atoms with Crippen molar-refractivity contribution in [3.8, 4) is 11.1 Å². The van der Waals surface area contributed by atoms with E-state index in [1.807, 2.05) is 0 Å². The number of alkyl carbamates (subject to hydrolysis) is 1. The first-order valence-corrected chi connectivity index (χ1v) is 15.1. The monoisotopic (exact) mass is 563 g/mol. The number of H-pyrrole nitrogens is 1. The number of hydrogen-bond acceptors (Lipinski definition) is 5. The second-order valence-electron chi connectivity index (χ2n) is 11.9. The number of aromatic amines is 1. The largest absolute Gasteiger partial charge is 0.453 e. The molecule has 0 bridgehead atoms. The summed E-state index contributed by atoms with van der Waals surface area (Å²) in [4.78, 5) is 25.6. The van der Waals surface area contributed by atoms with Gasteiger partial charge in [-0.05, 0) is 72.6 Å². The third-order valence-corrected chi connectivity index (χ3v) is 8.89. The van der Waals surface area contributed by atoms with Gasteiger partial charge in [0.05, 0.1) is 36.3 Å². The van der Waals surface area contributed by atoms with Crippen LogP contribution in [-0.4, -0.2) is 47.2 Å². The van der Waals surface area contributed by atoms with Gasteiger partial charge in [0.25, 0.3) is 0 Å². The van der Waals surface area contributed by atoms with Gasteiger partial charge in [0, 0.05) is 24.5 Å². The molecule has 2 aliphatic rings. The Balaban J connectivity index is 1.22. The van der Waals surface area contributed by atoms with Gasteiger partial charge < -0.3 is 24.8 Å². The van der Waals surface area contributed by atoms with Crippen LogP contribution in [0.15, 0.2) is 85.1 Å². The average Bonchev–Trinajstić information content (AvgIpc) is 3.79. The van der Waals surface area contributed by atoms with Gasteiger partial charge in [-0.1, -0.05) is 69.0 Å². The Morgan fingerprint density at radius 1 is 0.976 bits per heavy atom. The summed E-state index contributed by atoms with van der Waals surface area (Å²) in [7, 11) is 1.39. The van der Waals surface area contributed by atoms with E-state index in [9.17, 15) is 4.79 Å². The lowest BCUT2D eigenvalue weighted by molar-refractivity contribution is 0.161. The van der Waals surface area contributed by atoms with E-state index in [-0.39, 0.29) is 18.0 Å². The number of likely N-dealkylation sites (tertiary alicyclic amines) is 1. The summed E-state index contributed by atoms with van der Waals surface area (Å²) in [5.74, 6) is 1.14. The first-order valence-electron chi connectivity index (χ1n) is 15.1. The van der Waals surface area contributed by atoms with E-state index in [4.69, 9.17) is 9.72 Å². The maximum Gasteiger partial charge on any atom is 0.407 e. The van der Waals surface area contributed by atoms with Crippen molar-refractivity contribution in [3.05, 3.63) is 96.5 Å². The Morgan fingerprint density at radius 3 is 2.43 bits per heavy atom. The SMILES string of the molecule is C=C([C@@H](NC(=O)OC)C(C)C)N1CCC[C@H]1c1nc2ccc([C@H]3CCCN3c3ccc(-c4ccccc4)cc3)cc2[nH]1. The highest BCUT2D eigenvalue weighted by Crippen LogP contribution is 2.39. The van der Waals surface area contributed by atoms with Gasteiger partial charge in [-0.15, -0.1) is 0 Å². The van der Waals surface area contributed by atoms with Crippen molar-refractivity contribution in [1.29, 1.82) is 0 Å². The summed E-state index contributed by atoms with van der Waals surface area (Å²) >= 11 is 0. The molecule has 3 atom stereocenters. The summed E-state index contributed by atoms with van der Waals surface area (Å²) < 4.78 is 4.88. The third kappa shape index (κ3) is 5.48. The molecule has 3 heterocycles. The van der Waals surface area contributed by atoms with E-state index in [2.05, 4.69) is 113 Å². The van der Waals surface area contributed by atoms with Crippen LogP contribution in [0.2, 0.25) is 0 Å². The van der Waals surface area contributed by atoms with Crippen molar-refractivity contribution >= 4 is 22.8 Å². The van der Waals surface area contributed by atoms with Crippen LogP contribution in [0.1, 0.15) is 63.0 Å². The first-order chi connectivity index (χ1) is 20.4. The molecule has 0 aliphatic carbocycles. The number of nitrogens with one attached hydrogen (secondary N) is 2. The van der Waals surface area contributed by atoms with Crippen LogP contribution in [0, 0.1) is 5.92 Å². The van der Waals surface area contributed by atoms with Gasteiger partial charge in [-0.25, -0.2) is 9.78 Å². The van der Waals surface area contributed by atoms with Crippen molar-refractivity contribution in [3.63, 3.8) is 0 Å². The smallest absolute Gasteiger partial charge is 0.407 e. The number of carbonyl (C=O) groups excluding carboxylic acids is 1. The van der Waals surface area contributed by atoms with Gasteiger partial charge in [0.15, 0.2) is 0 Å². The Morgan fingerprint density at radius 2 is 1.69 bits per heavy atom. The maximum absolute atomic E-state index is 12.0. The second kappa shape index (κ2) is 11.9. The number of amides is 1. The van der Waals surface area contributed by atoms with Crippen molar-refractivity contribution in [2.24, 2.45) is 5.92 Å².